The number of nitrogens with one attached hydrogen (secondary N) is 1. The number of rotatable bonds is 5. The van der Waals surface area contributed by atoms with Crippen LogP contribution in [0, 0.1) is 0 Å². The second-order valence-electron chi connectivity index (χ2n) is 6.73. The maximum Gasteiger partial charge on any atom is 0.215 e. The van der Waals surface area contributed by atoms with Gasteiger partial charge in [0.25, 0.3) is 0 Å². The van der Waals surface area contributed by atoms with Crippen LogP contribution in [0.1, 0.15) is 36.3 Å². The minimum atomic E-state index is -3.35. The van der Waals surface area contributed by atoms with Gasteiger partial charge in [0, 0.05) is 41.5 Å². The van der Waals surface area contributed by atoms with Gasteiger partial charge in [0.2, 0.25) is 10.0 Å². The van der Waals surface area contributed by atoms with E-state index in [9.17, 15) is 8.42 Å². The molecule has 4 rings (SSSR count). The van der Waals surface area contributed by atoms with Crippen molar-refractivity contribution in [3.63, 3.8) is 0 Å². The topological polar surface area (TPSA) is 66.1 Å². The maximum absolute atomic E-state index is 13.0. The first kappa shape index (κ1) is 17.2. The highest BCUT2D eigenvalue weighted by Crippen LogP contribution is 2.37. The lowest BCUT2D eigenvalue weighted by molar-refractivity contribution is 0.297. The molecule has 0 aliphatic carbocycles. The van der Waals surface area contributed by atoms with Gasteiger partial charge in [0.15, 0.2) is 0 Å². The van der Waals surface area contributed by atoms with Crippen molar-refractivity contribution in [2.75, 3.05) is 12.3 Å². The molecule has 1 aliphatic rings. The van der Waals surface area contributed by atoms with E-state index in [1.54, 1.807) is 10.5 Å². The molecule has 6 heteroatoms. The first-order valence-corrected chi connectivity index (χ1v) is 10.7. The number of hydrogen-bond acceptors (Lipinski definition) is 3. The minimum absolute atomic E-state index is 0.0933. The van der Waals surface area contributed by atoms with E-state index in [1.807, 2.05) is 37.3 Å². The Morgan fingerprint density at radius 3 is 2.77 bits per heavy atom. The second-order valence-corrected chi connectivity index (χ2v) is 8.78. The molecular weight excluding hydrogens is 346 g/mol. The van der Waals surface area contributed by atoms with Gasteiger partial charge in [-0.15, -0.1) is 0 Å². The SMILES string of the molecule is CCC1c2[nH]c3ccccc3c2CCN1S(=O)(=O)CCc1ccccn1. The number of pyridine rings is 1. The van der Waals surface area contributed by atoms with Crippen molar-refractivity contribution in [1.29, 1.82) is 0 Å². The normalized spacial score (nSPS) is 18.1. The Hall–Kier alpha value is -2.18. The van der Waals surface area contributed by atoms with E-state index in [1.165, 1.54) is 10.9 Å². The molecule has 5 nitrogen and oxygen atoms in total. The van der Waals surface area contributed by atoms with Crippen LogP contribution in [0.15, 0.2) is 48.7 Å². The molecule has 1 N–H and O–H groups in total. The zero-order chi connectivity index (χ0) is 18.1. The molecule has 26 heavy (non-hydrogen) atoms. The summed E-state index contributed by atoms with van der Waals surface area (Å²) in [4.78, 5) is 7.72. The third kappa shape index (κ3) is 3.04. The summed E-state index contributed by atoms with van der Waals surface area (Å²) in [6.45, 7) is 2.59. The van der Waals surface area contributed by atoms with Crippen LogP contribution < -0.4 is 0 Å². The lowest BCUT2D eigenvalue weighted by Crippen LogP contribution is -2.41. The van der Waals surface area contributed by atoms with E-state index in [4.69, 9.17) is 0 Å². The molecule has 0 radical (unpaired) electrons. The molecule has 0 amide bonds. The van der Waals surface area contributed by atoms with Crippen molar-refractivity contribution in [2.24, 2.45) is 0 Å². The van der Waals surface area contributed by atoms with E-state index in [2.05, 4.69) is 22.1 Å². The molecule has 1 aliphatic heterocycles. The molecule has 1 unspecified atom stereocenters. The van der Waals surface area contributed by atoms with Crippen LogP contribution in [0.2, 0.25) is 0 Å². The van der Waals surface area contributed by atoms with Crippen LogP contribution in [-0.2, 0) is 22.9 Å². The average molecular weight is 369 g/mol. The van der Waals surface area contributed by atoms with Gasteiger partial charge in [-0.3, -0.25) is 4.98 Å². The average Bonchev–Trinajstić information content (AvgIpc) is 3.05. The summed E-state index contributed by atoms with van der Waals surface area (Å²) in [6.07, 6.45) is 3.64. The standard InChI is InChI=1S/C20H23N3O2S/c1-2-19-20-17(16-8-3-4-9-18(16)22-20)10-13-23(19)26(24,25)14-11-15-7-5-6-12-21-15/h3-9,12,19,22H,2,10-11,13-14H2,1H3. The van der Waals surface area contributed by atoms with Crippen LogP contribution in [0.4, 0.5) is 0 Å². The highest BCUT2D eigenvalue weighted by atomic mass is 32.2. The molecule has 1 atom stereocenters. The Labute approximate surface area is 154 Å². The Kier molecular flexibility index (Phi) is 4.54. The molecule has 3 aromatic rings. The number of aryl methyl sites for hydroxylation is 1. The molecule has 0 fully saturated rings. The van der Waals surface area contributed by atoms with Gasteiger partial charge in [-0.25, -0.2) is 8.42 Å². The van der Waals surface area contributed by atoms with Crippen molar-refractivity contribution in [2.45, 2.75) is 32.2 Å². The fraction of sp³-hybridized carbons (Fsp3) is 0.350. The molecule has 3 heterocycles. The van der Waals surface area contributed by atoms with Crippen LogP contribution in [0.25, 0.3) is 10.9 Å². The Morgan fingerprint density at radius 2 is 2.00 bits per heavy atom. The van der Waals surface area contributed by atoms with Crippen LogP contribution in [-0.4, -0.2) is 35.0 Å². The van der Waals surface area contributed by atoms with Gasteiger partial charge < -0.3 is 4.98 Å². The summed E-state index contributed by atoms with van der Waals surface area (Å²) in [5, 5.41) is 1.21. The summed E-state index contributed by atoms with van der Waals surface area (Å²) in [7, 11) is -3.35. The van der Waals surface area contributed by atoms with Crippen molar-refractivity contribution in [1.82, 2.24) is 14.3 Å². The molecule has 0 saturated heterocycles. The molecular formula is C20H23N3O2S. The Bertz CT molecular complexity index is 1010. The third-order valence-electron chi connectivity index (χ3n) is 5.20. The number of aromatic nitrogens is 2. The smallest absolute Gasteiger partial charge is 0.215 e. The number of sulfonamides is 1. The Morgan fingerprint density at radius 1 is 1.19 bits per heavy atom. The van der Waals surface area contributed by atoms with Gasteiger partial charge in [-0.05, 0) is 36.6 Å². The molecule has 2 aromatic heterocycles. The number of benzene rings is 1. The van der Waals surface area contributed by atoms with Gasteiger partial charge in [0.05, 0.1) is 11.8 Å². The summed E-state index contributed by atoms with van der Waals surface area (Å²) < 4.78 is 27.8. The largest absolute Gasteiger partial charge is 0.357 e. The van der Waals surface area contributed by atoms with Crippen molar-refractivity contribution in [3.05, 3.63) is 65.6 Å². The molecule has 0 spiro atoms. The fourth-order valence-corrected chi connectivity index (χ4v) is 5.65. The van der Waals surface area contributed by atoms with Crippen molar-refractivity contribution >= 4 is 20.9 Å². The number of hydrogen-bond donors (Lipinski definition) is 1. The minimum Gasteiger partial charge on any atom is -0.357 e. The predicted octanol–water partition coefficient (Wildman–Crippen LogP) is 3.44. The molecule has 136 valence electrons. The summed E-state index contributed by atoms with van der Waals surface area (Å²) >= 11 is 0. The highest BCUT2D eigenvalue weighted by Gasteiger charge is 2.36. The van der Waals surface area contributed by atoms with E-state index in [-0.39, 0.29) is 11.8 Å². The van der Waals surface area contributed by atoms with Crippen molar-refractivity contribution < 1.29 is 8.42 Å². The molecule has 0 bridgehead atoms. The van der Waals surface area contributed by atoms with Gasteiger partial charge in [0.1, 0.15) is 0 Å². The second kappa shape index (κ2) is 6.85. The highest BCUT2D eigenvalue weighted by molar-refractivity contribution is 7.89. The zero-order valence-corrected chi connectivity index (χ0v) is 15.7. The summed E-state index contributed by atoms with van der Waals surface area (Å²) in [5.41, 5.74) is 4.22. The lowest BCUT2D eigenvalue weighted by atomic mass is 9.98. The number of para-hydroxylation sites is 1. The van der Waals surface area contributed by atoms with Crippen LogP contribution >= 0.6 is 0 Å². The van der Waals surface area contributed by atoms with E-state index in [0.717, 1.165) is 29.7 Å². The molecule has 1 aromatic carbocycles. The lowest BCUT2D eigenvalue weighted by Gasteiger charge is -2.34. The van der Waals surface area contributed by atoms with Gasteiger partial charge in [-0.1, -0.05) is 31.2 Å². The first-order valence-electron chi connectivity index (χ1n) is 9.09. The first-order chi connectivity index (χ1) is 12.6. The fourth-order valence-electron chi connectivity index (χ4n) is 3.93. The van der Waals surface area contributed by atoms with Gasteiger partial charge >= 0.3 is 0 Å². The number of aromatic amines is 1. The number of nitrogens with zero attached hydrogens (tertiary/aromatic N) is 2. The number of fused-ring (bicyclic) bond motifs is 3. The van der Waals surface area contributed by atoms with E-state index in [0.29, 0.717) is 13.0 Å². The molecule has 0 saturated carbocycles. The maximum atomic E-state index is 13.0. The predicted molar refractivity (Wildman–Crippen MR) is 103 cm³/mol. The zero-order valence-electron chi connectivity index (χ0n) is 14.9. The van der Waals surface area contributed by atoms with Crippen LogP contribution in [0.3, 0.4) is 0 Å². The van der Waals surface area contributed by atoms with Crippen LogP contribution in [0.5, 0.6) is 0 Å². The van der Waals surface area contributed by atoms with Crippen molar-refractivity contribution in [3.8, 4) is 0 Å². The quantitative estimate of drug-likeness (QED) is 0.749. The monoisotopic (exact) mass is 369 g/mol. The van der Waals surface area contributed by atoms with E-state index < -0.39 is 10.0 Å². The number of H-pyrrole nitrogens is 1. The van der Waals surface area contributed by atoms with Gasteiger partial charge in [-0.2, -0.15) is 4.31 Å². The Balaban J connectivity index is 1.62. The summed E-state index contributed by atoms with van der Waals surface area (Å²) in [5.74, 6) is 0.0933. The summed E-state index contributed by atoms with van der Waals surface area (Å²) in [6, 6.07) is 13.7. The van der Waals surface area contributed by atoms with E-state index >= 15 is 0 Å². The third-order valence-corrected chi connectivity index (χ3v) is 7.07.